The number of hydrogen-bond acceptors (Lipinski definition) is 2. The molecule has 0 saturated carbocycles. The van der Waals surface area contributed by atoms with Gasteiger partial charge in [0.05, 0.1) is 11.4 Å². The maximum Gasteiger partial charge on any atom is 0.0856 e. The van der Waals surface area contributed by atoms with E-state index in [-0.39, 0.29) is 0 Å². The normalized spacial score (nSPS) is 11.2. The van der Waals surface area contributed by atoms with Crippen LogP contribution in [0.5, 0.6) is 0 Å². The van der Waals surface area contributed by atoms with E-state index < -0.39 is 0 Å². The minimum absolute atomic E-state index is 0.675. The predicted molar refractivity (Wildman–Crippen MR) is 53.6 cm³/mol. The Bertz CT molecular complexity index is 242. The average molecular weight is 181 g/mol. The Labute approximate surface area is 80.1 Å². The van der Waals surface area contributed by atoms with Crippen molar-refractivity contribution >= 4 is 0 Å². The van der Waals surface area contributed by atoms with Crippen molar-refractivity contribution in [3.63, 3.8) is 0 Å². The zero-order chi connectivity index (χ0) is 9.84. The summed E-state index contributed by atoms with van der Waals surface area (Å²) in [6.07, 6.45) is 2.08. The van der Waals surface area contributed by atoms with Crippen molar-refractivity contribution < 1.29 is 0 Å². The highest BCUT2D eigenvalue weighted by Gasteiger charge is 2.11. The van der Waals surface area contributed by atoms with Gasteiger partial charge in [0.2, 0.25) is 0 Å². The van der Waals surface area contributed by atoms with Gasteiger partial charge in [-0.3, -0.25) is 0 Å². The fourth-order valence-electron chi connectivity index (χ4n) is 1.51. The van der Waals surface area contributed by atoms with E-state index in [9.17, 15) is 0 Å². The number of rotatable bonds is 4. The van der Waals surface area contributed by atoms with Gasteiger partial charge >= 0.3 is 0 Å². The van der Waals surface area contributed by atoms with Crippen LogP contribution in [0, 0.1) is 5.92 Å². The Kier molecular flexibility index (Phi) is 3.46. The van der Waals surface area contributed by atoms with Gasteiger partial charge in [-0.25, -0.2) is 4.68 Å². The molecule has 1 aromatic heterocycles. The standard InChI is InChI=1S/C10H19N3/c1-5-9-10(7-8(3)4)13(6-2)12-11-9/h8H,5-7H2,1-4H3. The van der Waals surface area contributed by atoms with Gasteiger partial charge < -0.3 is 0 Å². The van der Waals surface area contributed by atoms with Crippen LogP contribution in [0.2, 0.25) is 0 Å². The Hall–Kier alpha value is -0.860. The van der Waals surface area contributed by atoms with Crippen molar-refractivity contribution in [2.45, 2.75) is 47.1 Å². The van der Waals surface area contributed by atoms with Crippen LogP contribution < -0.4 is 0 Å². The van der Waals surface area contributed by atoms with Gasteiger partial charge in [-0.05, 0) is 25.7 Å². The summed E-state index contributed by atoms with van der Waals surface area (Å²) in [5, 5.41) is 8.30. The van der Waals surface area contributed by atoms with Gasteiger partial charge in [-0.15, -0.1) is 5.10 Å². The maximum absolute atomic E-state index is 4.17. The van der Waals surface area contributed by atoms with Crippen molar-refractivity contribution in [3.8, 4) is 0 Å². The summed E-state index contributed by atoms with van der Waals surface area (Å²) in [5.41, 5.74) is 2.48. The first-order chi connectivity index (χ1) is 6.19. The quantitative estimate of drug-likeness (QED) is 0.712. The van der Waals surface area contributed by atoms with E-state index in [4.69, 9.17) is 0 Å². The molecule has 0 bridgehead atoms. The number of nitrogens with zero attached hydrogens (tertiary/aromatic N) is 3. The van der Waals surface area contributed by atoms with Crippen LogP contribution in [0.25, 0.3) is 0 Å². The summed E-state index contributed by atoms with van der Waals surface area (Å²) in [7, 11) is 0. The second kappa shape index (κ2) is 4.40. The molecule has 1 rings (SSSR count). The van der Waals surface area contributed by atoms with E-state index in [1.54, 1.807) is 0 Å². The third kappa shape index (κ3) is 2.29. The van der Waals surface area contributed by atoms with Crippen molar-refractivity contribution in [2.24, 2.45) is 5.92 Å². The van der Waals surface area contributed by atoms with Crippen LogP contribution in [0.1, 0.15) is 39.1 Å². The zero-order valence-electron chi connectivity index (χ0n) is 9.04. The van der Waals surface area contributed by atoms with Crippen molar-refractivity contribution in [1.29, 1.82) is 0 Å². The maximum atomic E-state index is 4.17. The fraction of sp³-hybridized carbons (Fsp3) is 0.800. The molecule has 0 unspecified atom stereocenters. The zero-order valence-corrected chi connectivity index (χ0v) is 9.04. The molecule has 74 valence electrons. The molecule has 0 aliphatic heterocycles. The summed E-state index contributed by atoms with van der Waals surface area (Å²) < 4.78 is 2.01. The summed E-state index contributed by atoms with van der Waals surface area (Å²) in [4.78, 5) is 0. The summed E-state index contributed by atoms with van der Waals surface area (Å²) >= 11 is 0. The van der Waals surface area contributed by atoms with Crippen LogP contribution >= 0.6 is 0 Å². The van der Waals surface area contributed by atoms with Crippen LogP contribution in [0.3, 0.4) is 0 Å². The molecule has 0 saturated heterocycles. The van der Waals surface area contributed by atoms with Crippen LogP contribution in [0.15, 0.2) is 0 Å². The first-order valence-electron chi connectivity index (χ1n) is 5.10. The highest BCUT2D eigenvalue weighted by Crippen LogP contribution is 2.11. The molecular weight excluding hydrogens is 162 g/mol. The molecule has 0 N–H and O–H groups in total. The molecule has 1 heterocycles. The topological polar surface area (TPSA) is 30.7 Å². The lowest BCUT2D eigenvalue weighted by molar-refractivity contribution is 0.552. The molecule has 0 radical (unpaired) electrons. The van der Waals surface area contributed by atoms with Gasteiger partial charge in [-0.1, -0.05) is 26.0 Å². The summed E-state index contributed by atoms with van der Waals surface area (Å²) in [6, 6.07) is 0. The molecule has 0 aliphatic rings. The van der Waals surface area contributed by atoms with E-state index in [1.807, 2.05) is 4.68 Å². The van der Waals surface area contributed by atoms with E-state index in [1.165, 1.54) is 5.69 Å². The van der Waals surface area contributed by atoms with Crippen LogP contribution in [-0.2, 0) is 19.4 Å². The monoisotopic (exact) mass is 181 g/mol. The average Bonchev–Trinajstić information content (AvgIpc) is 2.46. The third-order valence-corrected chi connectivity index (χ3v) is 2.15. The second-order valence-corrected chi connectivity index (χ2v) is 3.75. The highest BCUT2D eigenvalue weighted by molar-refractivity contribution is 5.10. The Morgan fingerprint density at radius 1 is 1.31 bits per heavy atom. The van der Waals surface area contributed by atoms with Gasteiger partial charge in [0.15, 0.2) is 0 Å². The Morgan fingerprint density at radius 2 is 2.00 bits per heavy atom. The summed E-state index contributed by atoms with van der Waals surface area (Å²) in [5.74, 6) is 0.675. The Morgan fingerprint density at radius 3 is 2.46 bits per heavy atom. The molecule has 0 amide bonds. The lowest BCUT2D eigenvalue weighted by Gasteiger charge is -2.07. The van der Waals surface area contributed by atoms with Crippen molar-refractivity contribution in [3.05, 3.63) is 11.4 Å². The van der Waals surface area contributed by atoms with Gasteiger partial charge in [0, 0.05) is 6.54 Å². The predicted octanol–water partition coefficient (Wildman–Crippen LogP) is 2.06. The summed E-state index contributed by atoms with van der Waals surface area (Å²) in [6.45, 7) is 9.62. The first-order valence-corrected chi connectivity index (χ1v) is 5.10. The second-order valence-electron chi connectivity index (χ2n) is 3.75. The van der Waals surface area contributed by atoms with Crippen LogP contribution in [-0.4, -0.2) is 15.0 Å². The van der Waals surface area contributed by atoms with E-state index in [2.05, 4.69) is 38.0 Å². The van der Waals surface area contributed by atoms with Gasteiger partial charge in [-0.2, -0.15) is 0 Å². The largest absolute Gasteiger partial charge is 0.249 e. The SMILES string of the molecule is CCc1nnn(CC)c1CC(C)C. The third-order valence-electron chi connectivity index (χ3n) is 2.15. The molecule has 0 atom stereocenters. The van der Waals surface area contributed by atoms with E-state index in [0.29, 0.717) is 5.92 Å². The fourth-order valence-corrected chi connectivity index (χ4v) is 1.51. The van der Waals surface area contributed by atoms with Crippen LogP contribution in [0.4, 0.5) is 0 Å². The molecular formula is C10H19N3. The highest BCUT2D eigenvalue weighted by atomic mass is 15.4. The van der Waals surface area contributed by atoms with Gasteiger partial charge in [0.1, 0.15) is 0 Å². The molecule has 13 heavy (non-hydrogen) atoms. The molecule has 0 fully saturated rings. The minimum atomic E-state index is 0.675. The molecule has 3 heteroatoms. The smallest absolute Gasteiger partial charge is 0.0856 e. The number of hydrogen-bond donors (Lipinski definition) is 0. The minimum Gasteiger partial charge on any atom is -0.249 e. The lowest BCUT2D eigenvalue weighted by atomic mass is 10.1. The molecule has 0 spiro atoms. The molecule has 3 nitrogen and oxygen atoms in total. The number of aromatic nitrogens is 3. The van der Waals surface area contributed by atoms with Crippen molar-refractivity contribution in [2.75, 3.05) is 0 Å². The van der Waals surface area contributed by atoms with Gasteiger partial charge in [0.25, 0.3) is 0 Å². The van der Waals surface area contributed by atoms with Crippen molar-refractivity contribution in [1.82, 2.24) is 15.0 Å². The molecule has 1 aromatic rings. The lowest BCUT2D eigenvalue weighted by Crippen LogP contribution is -2.07. The number of aryl methyl sites for hydroxylation is 2. The van der Waals surface area contributed by atoms with E-state index in [0.717, 1.165) is 25.1 Å². The Balaban J connectivity index is 2.91. The molecule has 0 aliphatic carbocycles. The van der Waals surface area contributed by atoms with E-state index >= 15 is 0 Å². The first kappa shape index (κ1) is 10.2. The molecule has 0 aromatic carbocycles.